The summed E-state index contributed by atoms with van der Waals surface area (Å²) < 4.78 is 31.3. The maximum Gasteiger partial charge on any atom is 0.413 e. The minimum Gasteiger partial charge on any atom is -0.466 e. The van der Waals surface area contributed by atoms with Crippen LogP contribution in [0.2, 0.25) is 5.02 Å². The van der Waals surface area contributed by atoms with E-state index >= 15 is 4.39 Å². The van der Waals surface area contributed by atoms with Gasteiger partial charge in [-0.1, -0.05) is 18.5 Å². The number of benzene rings is 1. The average molecular weight is 487 g/mol. The Bertz CT molecular complexity index is 1330. The molecule has 4 heterocycles. The van der Waals surface area contributed by atoms with Crippen LogP contribution in [-0.2, 0) is 14.3 Å². The number of nitrogens with one attached hydrogen (secondary N) is 2. The zero-order valence-corrected chi connectivity index (χ0v) is 19.0. The third kappa shape index (κ3) is 3.99. The van der Waals surface area contributed by atoms with Crippen molar-refractivity contribution in [3.8, 4) is 17.0 Å². The van der Waals surface area contributed by atoms with Crippen LogP contribution in [0.4, 0.5) is 20.7 Å². The molecule has 9 nitrogen and oxygen atoms in total. The van der Waals surface area contributed by atoms with E-state index in [2.05, 4.69) is 20.6 Å². The fourth-order valence-electron chi connectivity index (χ4n) is 3.97. The quantitative estimate of drug-likeness (QED) is 0.567. The number of nitrogens with zero attached hydrogens (tertiary/aromatic N) is 2. The number of fused-ring (bicyclic) bond motifs is 2. The van der Waals surface area contributed by atoms with Crippen molar-refractivity contribution < 1.29 is 28.2 Å². The van der Waals surface area contributed by atoms with E-state index < -0.39 is 11.9 Å². The number of aromatic nitrogens is 2. The van der Waals surface area contributed by atoms with Gasteiger partial charge in [0.2, 0.25) is 5.88 Å². The molecular weight excluding hydrogens is 467 g/mol. The molecule has 11 heteroatoms. The van der Waals surface area contributed by atoms with Crippen LogP contribution < -0.4 is 15.4 Å². The van der Waals surface area contributed by atoms with Gasteiger partial charge in [0.1, 0.15) is 23.4 Å². The van der Waals surface area contributed by atoms with Gasteiger partial charge in [0.15, 0.2) is 6.61 Å². The van der Waals surface area contributed by atoms with Crippen LogP contribution in [0, 0.1) is 18.7 Å². The molecule has 2 N–H and O–H groups in total. The van der Waals surface area contributed by atoms with Gasteiger partial charge in [0.25, 0.3) is 5.91 Å². The highest BCUT2D eigenvalue weighted by atomic mass is 35.5. The predicted octanol–water partition coefficient (Wildman–Crippen LogP) is 4.31. The first-order valence-electron chi connectivity index (χ1n) is 10.6. The minimum absolute atomic E-state index is 0.100. The molecule has 0 aliphatic carbocycles. The molecule has 176 valence electrons. The van der Waals surface area contributed by atoms with Crippen molar-refractivity contribution in [2.24, 2.45) is 5.92 Å². The standard InChI is InChI=1S/C23H20ClFN4O5/c1-10-7-32-8-16(10)34-23(31)28-17-4-12-3-13(20(25)19(24)15(12)6-26-17)14-5-27-22-21(11(14)2)29-18(30)9-33-22/h3-6,10,16H,7-9H2,1-2H3,(H,29,30)(H,26,28,31)/t10-,16-/m1/s1. The van der Waals surface area contributed by atoms with Gasteiger partial charge in [-0.3, -0.25) is 10.1 Å². The molecule has 2 aliphatic rings. The zero-order chi connectivity index (χ0) is 24.0. The fraction of sp³-hybridized carbons (Fsp3) is 0.304. The SMILES string of the molecule is Cc1c(-c2cc3cc(NC(=O)O[C@@H]4COC[C@H]4C)ncc3c(Cl)c2F)cnc2c1NC(=O)CO2. The van der Waals surface area contributed by atoms with Crippen molar-refractivity contribution in [1.82, 2.24) is 9.97 Å². The Morgan fingerprint density at radius 2 is 2.09 bits per heavy atom. The first-order valence-corrected chi connectivity index (χ1v) is 11.0. The van der Waals surface area contributed by atoms with Gasteiger partial charge in [-0.05, 0) is 30.0 Å². The third-order valence-corrected chi connectivity index (χ3v) is 6.26. The van der Waals surface area contributed by atoms with Gasteiger partial charge in [-0.15, -0.1) is 0 Å². The summed E-state index contributed by atoms with van der Waals surface area (Å²) in [6.07, 6.45) is 1.86. The number of carbonyl (C=O) groups is 2. The third-order valence-electron chi connectivity index (χ3n) is 5.89. The maximum atomic E-state index is 15.3. The lowest BCUT2D eigenvalue weighted by atomic mass is 9.98. The molecule has 3 aromatic rings. The van der Waals surface area contributed by atoms with Gasteiger partial charge in [-0.25, -0.2) is 19.2 Å². The molecule has 0 radical (unpaired) electrons. The summed E-state index contributed by atoms with van der Waals surface area (Å²) in [7, 11) is 0. The lowest BCUT2D eigenvalue weighted by Gasteiger charge is -2.21. The predicted molar refractivity (Wildman–Crippen MR) is 123 cm³/mol. The molecule has 5 rings (SSSR count). The van der Waals surface area contributed by atoms with Gasteiger partial charge in [0.05, 0.1) is 18.2 Å². The number of hydrogen-bond donors (Lipinski definition) is 2. The second-order valence-corrected chi connectivity index (χ2v) is 8.62. The number of carbonyl (C=O) groups excluding carboxylic acids is 2. The molecule has 1 fully saturated rings. The van der Waals surface area contributed by atoms with Crippen LogP contribution in [-0.4, -0.2) is 47.9 Å². The highest BCUT2D eigenvalue weighted by Gasteiger charge is 2.28. The van der Waals surface area contributed by atoms with Crippen LogP contribution in [0.3, 0.4) is 0 Å². The molecule has 2 aromatic heterocycles. The first-order chi connectivity index (χ1) is 16.3. The number of hydrogen-bond acceptors (Lipinski definition) is 7. The second kappa shape index (κ2) is 8.69. The number of anilines is 2. The Kier molecular flexibility index (Phi) is 5.70. The summed E-state index contributed by atoms with van der Waals surface area (Å²) >= 11 is 6.33. The number of rotatable bonds is 3. The van der Waals surface area contributed by atoms with E-state index in [1.807, 2.05) is 6.92 Å². The number of amides is 2. The van der Waals surface area contributed by atoms with E-state index in [0.717, 1.165) is 0 Å². The Hall–Kier alpha value is -3.50. The lowest BCUT2D eigenvalue weighted by molar-refractivity contribution is -0.118. The van der Waals surface area contributed by atoms with E-state index in [-0.39, 0.29) is 46.8 Å². The Balaban J connectivity index is 1.49. The molecule has 2 atom stereocenters. The van der Waals surface area contributed by atoms with Gasteiger partial charge >= 0.3 is 6.09 Å². The van der Waals surface area contributed by atoms with E-state index in [1.54, 1.807) is 19.1 Å². The Morgan fingerprint density at radius 3 is 2.85 bits per heavy atom. The Labute approximate surface area is 198 Å². The molecule has 2 amide bonds. The van der Waals surface area contributed by atoms with Gasteiger partial charge in [0, 0.05) is 34.8 Å². The molecule has 0 spiro atoms. The lowest BCUT2D eigenvalue weighted by Crippen LogP contribution is -2.27. The number of pyridine rings is 2. The van der Waals surface area contributed by atoms with E-state index in [0.29, 0.717) is 40.8 Å². The molecule has 0 bridgehead atoms. The monoisotopic (exact) mass is 486 g/mol. The molecule has 34 heavy (non-hydrogen) atoms. The van der Waals surface area contributed by atoms with Crippen molar-refractivity contribution in [3.05, 3.63) is 40.9 Å². The molecule has 2 aliphatic heterocycles. The molecule has 1 saturated heterocycles. The summed E-state index contributed by atoms with van der Waals surface area (Å²) in [6, 6.07) is 3.16. The van der Waals surface area contributed by atoms with Crippen molar-refractivity contribution in [1.29, 1.82) is 0 Å². The van der Waals surface area contributed by atoms with E-state index in [9.17, 15) is 9.59 Å². The van der Waals surface area contributed by atoms with Crippen LogP contribution in [0.15, 0.2) is 24.5 Å². The van der Waals surface area contributed by atoms with Crippen LogP contribution in [0.1, 0.15) is 12.5 Å². The fourth-order valence-corrected chi connectivity index (χ4v) is 4.23. The first kappa shape index (κ1) is 22.3. The largest absolute Gasteiger partial charge is 0.466 e. The highest BCUT2D eigenvalue weighted by Crippen LogP contribution is 2.40. The summed E-state index contributed by atoms with van der Waals surface area (Å²) in [6.45, 7) is 4.41. The molecular formula is C23H20ClFN4O5. The van der Waals surface area contributed by atoms with Crippen LogP contribution >= 0.6 is 11.6 Å². The van der Waals surface area contributed by atoms with Crippen molar-refractivity contribution in [2.45, 2.75) is 20.0 Å². The summed E-state index contributed by atoms with van der Waals surface area (Å²) in [5.74, 6) is -0.385. The minimum atomic E-state index is -0.659. The second-order valence-electron chi connectivity index (χ2n) is 8.24. The normalized spacial score (nSPS) is 19.4. The Morgan fingerprint density at radius 1 is 1.26 bits per heavy atom. The van der Waals surface area contributed by atoms with Gasteiger partial charge in [-0.2, -0.15) is 0 Å². The van der Waals surface area contributed by atoms with Gasteiger partial charge < -0.3 is 19.5 Å². The number of halogens is 2. The zero-order valence-electron chi connectivity index (χ0n) is 18.3. The summed E-state index contributed by atoms with van der Waals surface area (Å²) in [5, 5.41) is 6.10. The van der Waals surface area contributed by atoms with Crippen molar-refractivity contribution >= 4 is 45.9 Å². The van der Waals surface area contributed by atoms with Crippen molar-refractivity contribution in [2.75, 3.05) is 30.5 Å². The summed E-state index contributed by atoms with van der Waals surface area (Å²) in [5.41, 5.74) is 1.58. The highest BCUT2D eigenvalue weighted by molar-refractivity contribution is 6.36. The summed E-state index contributed by atoms with van der Waals surface area (Å²) in [4.78, 5) is 32.4. The van der Waals surface area contributed by atoms with Crippen molar-refractivity contribution in [3.63, 3.8) is 0 Å². The number of ether oxygens (including phenoxy) is 3. The smallest absolute Gasteiger partial charge is 0.413 e. The molecule has 1 aromatic carbocycles. The molecule has 0 unspecified atom stereocenters. The molecule has 0 saturated carbocycles. The van der Waals surface area contributed by atoms with E-state index in [1.165, 1.54) is 12.4 Å². The van der Waals surface area contributed by atoms with E-state index in [4.69, 9.17) is 25.8 Å². The maximum absolute atomic E-state index is 15.3. The average Bonchev–Trinajstić information content (AvgIpc) is 3.21. The van der Waals surface area contributed by atoms with Crippen LogP contribution in [0.25, 0.3) is 21.9 Å². The topological polar surface area (TPSA) is 112 Å². The van der Waals surface area contributed by atoms with Crippen LogP contribution in [0.5, 0.6) is 5.88 Å².